The molecule has 0 aliphatic carbocycles. The SMILES string of the molecule is CCCCCCCCCC(OC(=O)CCCC(=O)O)C(CC)CC. The summed E-state index contributed by atoms with van der Waals surface area (Å²) in [5.74, 6) is -0.688. The van der Waals surface area contributed by atoms with Crippen molar-refractivity contribution in [1.82, 2.24) is 0 Å². The summed E-state index contributed by atoms with van der Waals surface area (Å²) < 4.78 is 5.69. The van der Waals surface area contributed by atoms with Crippen LogP contribution in [0.5, 0.6) is 0 Å². The van der Waals surface area contributed by atoms with Gasteiger partial charge in [0.25, 0.3) is 0 Å². The van der Waals surface area contributed by atoms with E-state index < -0.39 is 5.97 Å². The molecule has 1 N–H and O–H groups in total. The van der Waals surface area contributed by atoms with Crippen LogP contribution in [0.4, 0.5) is 0 Å². The van der Waals surface area contributed by atoms with Crippen molar-refractivity contribution in [3.8, 4) is 0 Å². The second-order valence-electron chi connectivity index (χ2n) is 6.76. The van der Waals surface area contributed by atoms with E-state index in [9.17, 15) is 9.59 Å². The second-order valence-corrected chi connectivity index (χ2v) is 6.76. The molecule has 0 saturated carbocycles. The van der Waals surface area contributed by atoms with E-state index in [-0.39, 0.29) is 24.9 Å². The van der Waals surface area contributed by atoms with Crippen LogP contribution in [0, 0.1) is 5.92 Å². The summed E-state index contributed by atoms with van der Waals surface area (Å²) in [6.07, 6.45) is 12.4. The molecule has 0 bridgehead atoms. The number of esters is 1. The number of aliphatic carboxylic acids is 1. The van der Waals surface area contributed by atoms with Crippen molar-refractivity contribution in [2.75, 3.05) is 0 Å². The third kappa shape index (κ3) is 12.4. The summed E-state index contributed by atoms with van der Waals surface area (Å²) in [5.41, 5.74) is 0. The average Bonchev–Trinajstić information content (AvgIpc) is 2.54. The molecule has 1 unspecified atom stereocenters. The van der Waals surface area contributed by atoms with Crippen LogP contribution in [0.3, 0.4) is 0 Å². The highest BCUT2D eigenvalue weighted by Gasteiger charge is 2.22. The fourth-order valence-electron chi connectivity index (χ4n) is 3.12. The molecular formula is C20H38O4. The van der Waals surface area contributed by atoms with E-state index in [0.717, 1.165) is 25.7 Å². The Labute approximate surface area is 148 Å². The first-order chi connectivity index (χ1) is 11.5. The molecule has 0 aliphatic heterocycles. The number of unbranched alkanes of at least 4 members (excludes halogenated alkanes) is 6. The minimum absolute atomic E-state index is 0.00651. The molecule has 0 spiro atoms. The van der Waals surface area contributed by atoms with Crippen molar-refractivity contribution in [2.45, 2.75) is 110 Å². The van der Waals surface area contributed by atoms with Crippen LogP contribution in [0.2, 0.25) is 0 Å². The number of hydrogen-bond donors (Lipinski definition) is 1. The fraction of sp³-hybridized carbons (Fsp3) is 0.900. The maximum Gasteiger partial charge on any atom is 0.306 e. The summed E-state index contributed by atoms with van der Waals surface area (Å²) in [4.78, 5) is 22.5. The van der Waals surface area contributed by atoms with E-state index >= 15 is 0 Å². The second kappa shape index (κ2) is 15.5. The van der Waals surface area contributed by atoms with E-state index in [1.54, 1.807) is 0 Å². The van der Waals surface area contributed by atoms with E-state index in [2.05, 4.69) is 20.8 Å². The van der Waals surface area contributed by atoms with Crippen LogP contribution >= 0.6 is 0 Å². The minimum Gasteiger partial charge on any atom is -0.481 e. The van der Waals surface area contributed by atoms with E-state index in [4.69, 9.17) is 9.84 Å². The highest BCUT2D eigenvalue weighted by atomic mass is 16.5. The first-order valence-corrected chi connectivity index (χ1v) is 9.96. The molecule has 24 heavy (non-hydrogen) atoms. The minimum atomic E-state index is -0.859. The monoisotopic (exact) mass is 342 g/mol. The standard InChI is InChI=1S/C20H38O4/c1-4-7-8-9-10-11-12-14-18(17(5-2)6-3)24-20(23)16-13-15-19(21)22/h17-18H,4-16H2,1-3H3,(H,21,22). The summed E-state index contributed by atoms with van der Waals surface area (Å²) >= 11 is 0. The fourth-order valence-corrected chi connectivity index (χ4v) is 3.12. The Morgan fingerprint density at radius 1 is 0.833 bits per heavy atom. The maximum atomic E-state index is 12.0. The van der Waals surface area contributed by atoms with Crippen molar-refractivity contribution >= 4 is 11.9 Å². The Balaban J connectivity index is 4.13. The van der Waals surface area contributed by atoms with Crippen LogP contribution in [-0.2, 0) is 14.3 Å². The Bertz CT molecular complexity index is 324. The van der Waals surface area contributed by atoms with Crippen molar-refractivity contribution in [2.24, 2.45) is 5.92 Å². The van der Waals surface area contributed by atoms with Gasteiger partial charge in [-0.25, -0.2) is 0 Å². The zero-order valence-corrected chi connectivity index (χ0v) is 16.0. The molecule has 4 nitrogen and oxygen atoms in total. The van der Waals surface area contributed by atoms with Gasteiger partial charge < -0.3 is 9.84 Å². The van der Waals surface area contributed by atoms with Gasteiger partial charge in [-0.1, -0.05) is 59.3 Å². The van der Waals surface area contributed by atoms with Gasteiger partial charge in [-0.05, 0) is 38.0 Å². The van der Waals surface area contributed by atoms with Crippen LogP contribution in [0.15, 0.2) is 0 Å². The summed E-state index contributed by atoms with van der Waals surface area (Å²) in [7, 11) is 0. The molecule has 0 aromatic carbocycles. The van der Waals surface area contributed by atoms with Gasteiger partial charge in [-0.2, -0.15) is 0 Å². The van der Waals surface area contributed by atoms with Crippen LogP contribution in [0.1, 0.15) is 104 Å². The van der Waals surface area contributed by atoms with Crippen molar-refractivity contribution in [3.63, 3.8) is 0 Å². The van der Waals surface area contributed by atoms with Gasteiger partial charge in [0.1, 0.15) is 6.10 Å². The molecule has 0 amide bonds. The lowest BCUT2D eigenvalue weighted by molar-refractivity contribution is -0.152. The number of carboxylic acid groups (broad SMARTS) is 1. The molecule has 0 aromatic rings. The topological polar surface area (TPSA) is 63.6 Å². The lowest BCUT2D eigenvalue weighted by Crippen LogP contribution is -2.26. The largest absolute Gasteiger partial charge is 0.481 e. The summed E-state index contributed by atoms with van der Waals surface area (Å²) in [6.45, 7) is 6.51. The van der Waals surface area contributed by atoms with Crippen LogP contribution in [-0.4, -0.2) is 23.1 Å². The molecule has 0 aromatic heterocycles. The zero-order chi connectivity index (χ0) is 18.2. The molecular weight excluding hydrogens is 304 g/mol. The number of carbonyl (C=O) groups is 2. The normalized spacial score (nSPS) is 12.3. The third-order valence-corrected chi connectivity index (χ3v) is 4.72. The molecule has 1 atom stereocenters. The quantitative estimate of drug-likeness (QED) is 0.287. The number of hydrogen-bond acceptors (Lipinski definition) is 3. The third-order valence-electron chi connectivity index (χ3n) is 4.72. The van der Waals surface area contributed by atoms with Gasteiger partial charge in [0.05, 0.1) is 0 Å². The Morgan fingerprint density at radius 3 is 1.96 bits per heavy atom. The summed E-state index contributed by atoms with van der Waals surface area (Å²) in [6, 6.07) is 0. The highest BCUT2D eigenvalue weighted by molar-refractivity contribution is 5.71. The number of ether oxygens (including phenoxy) is 1. The predicted octanol–water partition coefficient (Wildman–Crippen LogP) is 5.73. The van der Waals surface area contributed by atoms with Gasteiger partial charge in [0.2, 0.25) is 0 Å². The Hall–Kier alpha value is -1.06. The average molecular weight is 343 g/mol. The number of carboxylic acids is 1. The predicted molar refractivity (Wildman–Crippen MR) is 98.0 cm³/mol. The molecule has 0 radical (unpaired) electrons. The highest BCUT2D eigenvalue weighted by Crippen LogP contribution is 2.23. The lowest BCUT2D eigenvalue weighted by Gasteiger charge is -2.25. The van der Waals surface area contributed by atoms with Crippen LogP contribution in [0.25, 0.3) is 0 Å². The van der Waals surface area contributed by atoms with Gasteiger partial charge >= 0.3 is 11.9 Å². The van der Waals surface area contributed by atoms with Gasteiger partial charge in [-0.3, -0.25) is 9.59 Å². The molecule has 0 rings (SSSR count). The number of rotatable bonds is 16. The van der Waals surface area contributed by atoms with Gasteiger partial charge in [0, 0.05) is 12.8 Å². The van der Waals surface area contributed by atoms with Gasteiger partial charge in [-0.15, -0.1) is 0 Å². The van der Waals surface area contributed by atoms with E-state index in [1.165, 1.54) is 38.5 Å². The van der Waals surface area contributed by atoms with Gasteiger partial charge in [0.15, 0.2) is 0 Å². The Kier molecular flexibility index (Phi) is 14.8. The first kappa shape index (κ1) is 22.9. The molecule has 142 valence electrons. The van der Waals surface area contributed by atoms with E-state index in [0.29, 0.717) is 12.3 Å². The molecule has 4 heteroatoms. The zero-order valence-electron chi connectivity index (χ0n) is 16.0. The van der Waals surface area contributed by atoms with Crippen molar-refractivity contribution in [3.05, 3.63) is 0 Å². The van der Waals surface area contributed by atoms with Crippen molar-refractivity contribution in [1.29, 1.82) is 0 Å². The first-order valence-electron chi connectivity index (χ1n) is 9.96. The number of carbonyl (C=O) groups excluding carboxylic acids is 1. The van der Waals surface area contributed by atoms with Crippen LogP contribution < -0.4 is 0 Å². The Morgan fingerprint density at radius 2 is 1.42 bits per heavy atom. The molecule has 0 heterocycles. The smallest absolute Gasteiger partial charge is 0.306 e. The van der Waals surface area contributed by atoms with Crippen molar-refractivity contribution < 1.29 is 19.4 Å². The molecule has 0 aliphatic rings. The maximum absolute atomic E-state index is 12.0. The summed E-state index contributed by atoms with van der Waals surface area (Å²) in [5, 5.41) is 8.64. The lowest BCUT2D eigenvalue weighted by atomic mass is 9.92. The molecule has 0 fully saturated rings. The van der Waals surface area contributed by atoms with E-state index in [1.807, 2.05) is 0 Å². The molecule has 0 saturated heterocycles.